The molecule has 0 aliphatic heterocycles. The number of hydrogen-bond acceptors (Lipinski definition) is 2. The van der Waals surface area contributed by atoms with Crippen molar-refractivity contribution in [3.63, 3.8) is 0 Å². The highest BCUT2D eigenvalue weighted by Crippen LogP contribution is 2.21. The maximum absolute atomic E-state index is 12.2. The van der Waals surface area contributed by atoms with Crippen LogP contribution in [-0.2, 0) is 0 Å². The molecule has 88 valence electrons. The van der Waals surface area contributed by atoms with E-state index in [-0.39, 0.29) is 11.4 Å². The quantitative estimate of drug-likeness (QED) is 0.796. The minimum atomic E-state index is -0.153. The second kappa shape index (κ2) is 4.56. The Morgan fingerprint density at radius 2 is 1.94 bits per heavy atom. The normalized spacial score (nSPS) is 11.2. The van der Waals surface area contributed by atoms with Crippen LogP contribution in [-0.4, -0.2) is 23.4 Å². The monoisotopic (exact) mass is 220 g/mol. The third kappa shape index (κ3) is 2.35. The van der Waals surface area contributed by atoms with Gasteiger partial charge in [-0.1, -0.05) is 19.1 Å². The summed E-state index contributed by atoms with van der Waals surface area (Å²) in [6, 6.07) is 7.17. The van der Waals surface area contributed by atoms with E-state index in [9.17, 15) is 4.79 Å². The first-order valence-electron chi connectivity index (χ1n) is 5.53. The van der Waals surface area contributed by atoms with Gasteiger partial charge in [-0.2, -0.15) is 0 Å². The number of nitrogens with two attached hydrogens (primary N) is 1. The minimum Gasteiger partial charge on any atom is -0.398 e. The van der Waals surface area contributed by atoms with Gasteiger partial charge in [-0.25, -0.2) is 0 Å². The highest BCUT2D eigenvalue weighted by molar-refractivity contribution is 5.99. The van der Waals surface area contributed by atoms with Crippen molar-refractivity contribution in [1.29, 1.82) is 0 Å². The fraction of sp³-hybridized carbons (Fsp3) is 0.462. The van der Waals surface area contributed by atoms with Crippen molar-refractivity contribution in [3.8, 4) is 0 Å². The summed E-state index contributed by atoms with van der Waals surface area (Å²) in [5.41, 5.74) is 6.75. The molecule has 0 saturated heterocycles. The maximum atomic E-state index is 12.2. The third-order valence-corrected chi connectivity index (χ3v) is 3.27. The van der Waals surface area contributed by atoms with Crippen molar-refractivity contribution in [2.24, 2.45) is 0 Å². The van der Waals surface area contributed by atoms with Crippen molar-refractivity contribution in [1.82, 2.24) is 4.90 Å². The lowest BCUT2D eigenvalue weighted by Gasteiger charge is -2.35. The lowest BCUT2D eigenvalue weighted by Crippen LogP contribution is -2.44. The molecule has 0 heterocycles. The van der Waals surface area contributed by atoms with E-state index in [1.807, 2.05) is 33.0 Å². The number of amides is 1. The summed E-state index contributed by atoms with van der Waals surface area (Å²) in [5.74, 6) is -0.0232. The van der Waals surface area contributed by atoms with E-state index in [0.29, 0.717) is 11.3 Å². The fourth-order valence-corrected chi connectivity index (χ4v) is 1.38. The summed E-state index contributed by atoms with van der Waals surface area (Å²) in [4.78, 5) is 14.0. The fourth-order valence-electron chi connectivity index (χ4n) is 1.38. The molecule has 0 aromatic heterocycles. The van der Waals surface area contributed by atoms with Crippen LogP contribution in [0.5, 0.6) is 0 Å². The number of anilines is 1. The summed E-state index contributed by atoms with van der Waals surface area (Å²) >= 11 is 0. The predicted octanol–water partition coefficient (Wildman–Crippen LogP) is 2.53. The van der Waals surface area contributed by atoms with Gasteiger partial charge in [0.25, 0.3) is 5.91 Å². The first kappa shape index (κ1) is 12.6. The predicted molar refractivity (Wildman–Crippen MR) is 67.3 cm³/mol. The molecule has 1 aromatic rings. The Morgan fingerprint density at radius 3 is 2.44 bits per heavy atom. The lowest BCUT2D eigenvalue weighted by molar-refractivity contribution is 0.0621. The molecule has 0 bridgehead atoms. The number of benzene rings is 1. The van der Waals surface area contributed by atoms with Gasteiger partial charge in [-0.15, -0.1) is 0 Å². The van der Waals surface area contributed by atoms with Gasteiger partial charge < -0.3 is 10.6 Å². The smallest absolute Gasteiger partial charge is 0.256 e. The molecule has 0 atom stereocenters. The molecule has 0 saturated carbocycles. The summed E-state index contributed by atoms with van der Waals surface area (Å²) in [7, 11) is 1.82. The SMILES string of the molecule is CCC(C)(C)N(C)C(=O)c1ccccc1N. The van der Waals surface area contributed by atoms with Crippen molar-refractivity contribution >= 4 is 11.6 Å². The van der Waals surface area contributed by atoms with Gasteiger partial charge in [0.2, 0.25) is 0 Å². The third-order valence-electron chi connectivity index (χ3n) is 3.27. The van der Waals surface area contributed by atoms with Gasteiger partial charge in [0.15, 0.2) is 0 Å². The van der Waals surface area contributed by atoms with Gasteiger partial charge >= 0.3 is 0 Å². The summed E-state index contributed by atoms with van der Waals surface area (Å²) < 4.78 is 0. The van der Waals surface area contributed by atoms with Crippen LogP contribution in [0, 0.1) is 0 Å². The van der Waals surface area contributed by atoms with E-state index in [2.05, 4.69) is 6.92 Å². The number of para-hydroxylation sites is 1. The number of nitrogens with zero attached hydrogens (tertiary/aromatic N) is 1. The van der Waals surface area contributed by atoms with Crippen LogP contribution >= 0.6 is 0 Å². The number of carbonyl (C=O) groups is 1. The van der Waals surface area contributed by atoms with E-state index in [1.165, 1.54) is 0 Å². The highest BCUT2D eigenvalue weighted by Gasteiger charge is 2.27. The zero-order chi connectivity index (χ0) is 12.3. The number of rotatable bonds is 3. The van der Waals surface area contributed by atoms with E-state index < -0.39 is 0 Å². The van der Waals surface area contributed by atoms with E-state index in [4.69, 9.17) is 5.73 Å². The van der Waals surface area contributed by atoms with Gasteiger partial charge in [-0.05, 0) is 32.4 Å². The highest BCUT2D eigenvalue weighted by atomic mass is 16.2. The second-order valence-electron chi connectivity index (χ2n) is 4.62. The van der Waals surface area contributed by atoms with Crippen molar-refractivity contribution in [2.75, 3.05) is 12.8 Å². The summed E-state index contributed by atoms with van der Waals surface area (Å²) in [6.45, 7) is 6.16. The molecule has 1 amide bonds. The lowest BCUT2D eigenvalue weighted by atomic mass is 9.98. The van der Waals surface area contributed by atoms with Gasteiger partial charge in [-0.3, -0.25) is 4.79 Å². The molecular weight excluding hydrogens is 200 g/mol. The van der Waals surface area contributed by atoms with Crippen molar-refractivity contribution in [2.45, 2.75) is 32.7 Å². The van der Waals surface area contributed by atoms with Crippen LogP contribution < -0.4 is 5.73 Å². The molecule has 16 heavy (non-hydrogen) atoms. The van der Waals surface area contributed by atoms with Gasteiger partial charge in [0, 0.05) is 18.3 Å². The van der Waals surface area contributed by atoms with Gasteiger partial charge in [0.1, 0.15) is 0 Å². The molecule has 1 rings (SSSR count). The molecular formula is C13H20N2O. The summed E-state index contributed by atoms with van der Waals surface area (Å²) in [6.07, 6.45) is 0.905. The number of hydrogen-bond donors (Lipinski definition) is 1. The van der Waals surface area contributed by atoms with Crippen LogP contribution in [0.1, 0.15) is 37.6 Å². The van der Waals surface area contributed by atoms with Crippen LogP contribution in [0.25, 0.3) is 0 Å². The molecule has 2 N–H and O–H groups in total. The largest absolute Gasteiger partial charge is 0.398 e. The molecule has 0 unspecified atom stereocenters. The van der Waals surface area contributed by atoms with E-state index >= 15 is 0 Å². The number of carbonyl (C=O) groups excluding carboxylic acids is 1. The molecule has 3 heteroatoms. The Bertz CT molecular complexity index is 385. The molecule has 0 aliphatic carbocycles. The Balaban J connectivity index is 3.00. The van der Waals surface area contributed by atoms with Crippen LogP contribution in [0.2, 0.25) is 0 Å². The first-order valence-corrected chi connectivity index (χ1v) is 5.53. The van der Waals surface area contributed by atoms with Gasteiger partial charge in [0.05, 0.1) is 5.56 Å². The first-order chi connectivity index (χ1) is 7.40. The average molecular weight is 220 g/mol. The van der Waals surface area contributed by atoms with E-state index in [0.717, 1.165) is 6.42 Å². The molecule has 3 nitrogen and oxygen atoms in total. The van der Waals surface area contributed by atoms with E-state index in [1.54, 1.807) is 17.0 Å². The maximum Gasteiger partial charge on any atom is 0.256 e. The Kier molecular flexibility index (Phi) is 3.58. The topological polar surface area (TPSA) is 46.3 Å². The van der Waals surface area contributed by atoms with Crippen molar-refractivity contribution < 1.29 is 4.79 Å². The average Bonchev–Trinajstić information content (AvgIpc) is 2.27. The zero-order valence-corrected chi connectivity index (χ0v) is 10.4. The van der Waals surface area contributed by atoms with Crippen LogP contribution in [0.3, 0.4) is 0 Å². The molecule has 1 aromatic carbocycles. The minimum absolute atomic E-state index is 0.0232. The molecule has 0 radical (unpaired) electrons. The standard InChI is InChI=1S/C13H20N2O/c1-5-13(2,3)15(4)12(16)10-8-6-7-9-11(10)14/h6-9H,5,14H2,1-4H3. The van der Waals surface area contributed by atoms with Crippen LogP contribution in [0.15, 0.2) is 24.3 Å². The Labute approximate surface area is 97.2 Å². The Morgan fingerprint density at radius 1 is 1.38 bits per heavy atom. The Hall–Kier alpha value is -1.51. The molecule has 0 spiro atoms. The van der Waals surface area contributed by atoms with Crippen molar-refractivity contribution in [3.05, 3.63) is 29.8 Å². The summed E-state index contributed by atoms with van der Waals surface area (Å²) in [5, 5.41) is 0. The molecule has 0 fully saturated rings. The second-order valence-corrected chi connectivity index (χ2v) is 4.62. The number of nitrogen functional groups attached to an aromatic ring is 1. The van der Waals surface area contributed by atoms with Crippen LogP contribution in [0.4, 0.5) is 5.69 Å². The molecule has 0 aliphatic rings. The zero-order valence-electron chi connectivity index (χ0n) is 10.4.